The van der Waals surface area contributed by atoms with E-state index in [4.69, 9.17) is 11.8 Å². The number of halogens is 1. The molecule has 0 atom stereocenters. The first-order valence-corrected chi connectivity index (χ1v) is 5.35. The second-order valence-electron chi connectivity index (χ2n) is 2.50. The van der Waals surface area contributed by atoms with Crippen molar-refractivity contribution in [3.05, 3.63) is 0 Å². The molecular formula is C3H10ClNOS. The molecule has 0 aromatic rings. The number of hydrogen-bond acceptors (Lipinski definition) is 1. The van der Waals surface area contributed by atoms with Crippen LogP contribution in [0.25, 0.3) is 0 Å². The van der Waals surface area contributed by atoms with Gasteiger partial charge in [0, 0.05) is 18.8 Å². The predicted molar refractivity (Wildman–Crippen MR) is 34.9 cm³/mol. The molecule has 0 radical (unpaired) electrons. The van der Waals surface area contributed by atoms with Crippen LogP contribution in [0.3, 0.4) is 0 Å². The lowest BCUT2D eigenvalue weighted by Gasteiger charge is -2.24. The lowest BCUT2D eigenvalue weighted by molar-refractivity contribution is 0.667. The average molecular weight is 144 g/mol. The monoisotopic (exact) mass is 143 g/mol. The quantitative estimate of drug-likeness (QED) is 0.528. The summed E-state index contributed by atoms with van der Waals surface area (Å²) in [4.78, 5) is 0. The van der Waals surface area contributed by atoms with Crippen LogP contribution in [0, 0.1) is 0 Å². The minimum absolute atomic E-state index is 1.57. The molecule has 0 unspecified atom stereocenters. The zero-order valence-corrected chi connectivity index (χ0v) is 6.27. The van der Waals surface area contributed by atoms with Gasteiger partial charge in [-0.3, -0.25) is 4.21 Å². The molecule has 0 spiro atoms. The van der Waals surface area contributed by atoms with Gasteiger partial charge in [-0.25, -0.2) is 0 Å². The third-order valence-corrected chi connectivity index (χ3v) is 2.37. The molecule has 2 nitrogen and oxygen atoms in total. The van der Waals surface area contributed by atoms with E-state index in [-0.39, 0.29) is 0 Å². The van der Waals surface area contributed by atoms with Crippen molar-refractivity contribution < 1.29 is 4.21 Å². The number of rotatable bonds is 1. The first-order valence-electron chi connectivity index (χ1n) is 1.78. The van der Waals surface area contributed by atoms with E-state index in [1.165, 1.54) is 0 Å². The van der Waals surface area contributed by atoms with Crippen LogP contribution in [0.1, 0.15) is 0 Å². The van der Waals surface area contributed by atoms with E-state index in [9.17, 15) is 4.21 Å². The normalized spacial score (nSPS) is 18.0. The van der Waals surface area contributed by atoms with E-state index in [0.717, 1.165) is 0 Å². The highest BCUT2D eigenvalue weighted by atomic mass is 35.5. The molecule has 1 N–H and O–H groups in total. The zero-order valence-electron chi connectivity index (χ0n) is 4.69. The highest BCUT2D eigenvalue weighted by molar-refractivity contribution is 8.17. The van der Waals surface area contributed by atoms with E-state index < -0.39 is 9.25 Å². The van der Waals surface area contributed by atoms with Crippen LogP contribution < -0.4 is 4.24 Å². The third kappa shape index (κ3) is 6.40. The molecule has 0 aliphatic heterocycles. The number of hydrogen-bond donors (Lipinski definition) is 1. The molecule has 0 saturated carbocycles. The molecular weight excluding hydrogens is 134 g/mol. The highest BCUT2D eigenvalue weighted by Gasteiger charge is 2.13. The van der Waals surface area contributed by atoms with Gasteiger partial charge in [-0.1, -0.05) is 0 Å². The fourth-order valence-corrected chi connectivity index (χ4v) is 0. The Bertz CT molecular complexity index is 116. The third-order valence-electron chi connectivity index (χ3n) is 0.263. The lowest BCUT2D eigenvalue weighted by Crippen LogP contribution is -2.37. The van der Waals surface area contributed by atoms with Crippen LogP contribution >= 0.6 is 11.8 Å². The Morgan fingerprint density at radius 2 is 1.57 bits per heavy atom. The van der Waals surface area contributed by atoms with Gasteiger partial charge in [-0.05, 0) is 21.0 Å². The van der Waals surface area contributed by atoms with Crippen molar-refractivity contribution >= 4 is 21.0 Å². The summed E-state index contributed by atoms with van der Waals surface area (Å²) in [6.45, 7) is 0. The average Bonchev–Trinajstić information content (AvgIpc) is 1.32. The summed E-state index contributed by atoms with van der Waals surface area (Å²) in [7, 11) is -2.60. The molecule has 0 amide bonds. The van der Waals surface area contributed by atoms with Gasteiger partial charge >= 0.3 is 0 Å². The Labute approximate surface area is 48.9 Å². The van der Waals surface area contributed by atoms with Crippen molar-refractivity contribution in [2.24, 2.45) is 0 Å². The topological polar surface area (TPSA) is 29.1 Å². The fraction of sp³-hybridized carbons (Fsp3) is 1.00. The van der Waals surface area contributed by atoms with Gasteiger partial charge in [0.1, 0.15) is 0 Å². The summed E-state index contributed by atoms with van der Waals surface area (Å²) in [5, 5.41) is 0. The second-order valence-corrected chi connectivity index (χ2v) is 7.96. The maximum atomic E-state index is 10.9. The Kier molecular flexibility index (Phi) is 1.52. The molecule has 0 heterocycles. The minimum Gasteiger partial charge on any atom is -0.268 e. The predicted octanol–water partition coefficient (Wildman–Crippen LogP) is 0.354. The van der Waals surface area contributed by atoms with Gasteiger partial charge in [-0.15, -0.1) is 0 Å². The summed E-state index contributed by atoms with van der Waals surface area (Å²) in [6.07, 6.45) is 4.72. The molecule has 0 saturated heterocycles. The van der Waals surface area contributed by atoms with Crippen molar-refractivity contribution in [3.8, 4) is 0 Å². The van der Waals surface area contributed by atoms with Crippen LogP contribution in [-0.2, 0) is 9.25 Å². The van der Waals surface area contributed by atoms with Gasteiger partial charge < -0.3 is 0 Å². The summed E-state index contributed by atoms with van der Waals surface area (Å²) in [5.74, 6) is 0. The van der Waals surface area contributed by atoms with Gasteiger partial charge in [0.25, 0.3) is 0 Å². The maximum absolute atomic E-state index is 10.9. The molecule has 0 bridgehead atoms. The second kappa shape index (κ2) is 1.44. The Balaban J connectivity index is 4.14. The molecule has 46 valence electrons. The molecule has 0 aromatic carbocycles. The van der Waals surface area contributed by atoms with Crippen LogP contribution in [0.15, 0.2) is 0 Å². The smallest absolute Gasteiger partial charge is 0.00420 e. The molecule has 0 rings (SSSR count). The largest absolute Gasteiger partial charge is 0.268 e. The number of nitrogens with one attached hydrogen (secondary N) is 1. The zero-order chi connectivity index (χ0) is 6.15. The fourth-order valence-electron chi connectivity index (χ4n) is 0. The standard InChI is InChI=1S/C3H10ClNOS/c1-7(2,3,6)5-4/h1-3H3,(H,5,6). The van der Waals surface area contributed by atoms with E-state index in [1.807, 2.05) is 0 Å². The van der Waals surface area contributed by atoms with Crippen molar-refractivity contribution in [1.82, 2.24) is 4.24 Å². The van der Waals surface area contributed by atoms with Crippen LogP contribution in [0.5, 0.6) is 0 Å². The molecule has 0 fully saturated rings. The Hall–Kier alpha value is 0.400. The summed E-state index contributed by atoms with van der Waals surface area (Å²) in [5.41, 5.74) is 0. The first-order chi connectivity index (χ1) is 2.81. The summed E-state index contributed by atoms with van der Waals surface area (Å²) >= 11 is 5.10. The van der Waals surface area contributed by atoms with E-state index in [0.29, 0.717) is 0 Å². The SMILES string of the molecule is CS(C)(C)(=O)NCl. The van der Waals surface area contributed by atoms with Crippen molar-refractivity contribution in [1.29, 1.82) is 0 Å². The van der Waals surface area contributed by atoms with Crippen molar-refractivity contribution in [2.45, 2.75) is 0 Å². The Morgan fingerprint density at radius 1 is 1.43 bits per heavy atom. The first kappa shape index (κ1) is 7.40. The molecule has 4 heteroatoms. The Morgan fingerprint density at radius 3 is 1.57 bits per heavy atom. The molecule has 0 aliphatic rings. The molecule has 0 aromatic heterocycles. The van der Waals surface area contributed by atoms with Crippen molar-refractivity contribution in [2.75, 3.05) is 18.8 Å². The van der Waals surface area contributed by atoms with Gasteiger partial charge in [0.15, 0.2) is 0 Å². The van der Waals surface area contributed by atoms with Crippen LogP contribution in [0.2, 0.25) is 0 Å². The summed E-state index contributed by atoms with van der Waals surface area (Å²) < 4.78 is 13.1. The molecule has 0 aliphatic carbocycles. The van der Waals surface area contributed by atoms with Gasteiger partial charge in [-0.2, -0.15) is 4.24 Å². The van der Waals surface area contributed by atoms with Gasteiger partial charge in [0.05, 0.1) is 0 Å². The van der Waals surface area contributed by atoms with E-state index in [2.05, 4.69) is 4.24 Å². The van der Waals surface area contributed by atoms with Crippen LogP contribution in [0.4, 0.5) is 0 Å². The van der Waals surface area contributed by atoms with Crippen LogP contribution in [-0.4, -0.2) is 23.0 Å². The minimum atomic E-state index is -2.60. The van der Waals surface area contributed by atoms with E-state index in [1.54, 1.807) is 18.8 Å². The van der Waals surface area contributed by atoms with Crippen molar-refractivity contribution in [3.63, 3.8) is 0 Å². The molecule has 7 heavy (non-hydrogen) atoms. The summed E-state index contributed by atoms with van der Waals surface area (Å²) in [6, 6.07) is 0. The van der Waals surface area contributed by atoms with E-state index >= 15 is 0 Å². The maximum Gasteiger partial charge on any atom is 0.00420 e. The highest BCUT2D eigenvalue weighted by Crippen LogP contribution is 2.04. The lowest BCUT2D eigenvalue weighted by atomic mass is 11.9. The van der Waals surface area contributed by atoms with Gasteiger partial charge in [0.2, 0.25) is 0 Å².